The minimum atomic E-state index is -0.0891. The number of aromatic nitrogens is 1. The molecule has 2 aliphatic rings. The van der Waals surface area contributed by atoms with Crippen LogP contribution in [0.4, 0.5) is 0 Å². The van der Waals surface area contributed by atoms with Crippen molar-refractivity contribution in [3.8, 4) is 5.75 Å². The van der Waals surface area contributed by atoms with Gasteiger partial charge in [-0.25, -0.2) is 0 Å². The van der Waals surface area contributed by atoms with E-state index in [0.717, 1.165) is 6.42 Å². The molecule has 0 radical (unpaired) electrons. The Bertz CT molecular complexity index is 551. The van der Waals surface area contributed by atoms with Crippen molar-refractivity contribution in [2.24, 2.45) is 0 Å². The van der Waals surface area contributed by atoms with Gasteiger partial charge in [-0.15, -0.1) is 0 Å². The summed E-state index contributed by atoms with van der Waals surface area (Å²) in [7, 11) is 1.77. The number of hydrogen-bond donors (Lipinski definition) is 0. The van der Waals surface area contributed by atoms with Crippen molar-refractivity contribution >= 4 is 11.8 Å². The van der Waals surface area contributed by atoms with Crippen molar-refractivity contribution in [3.05, 3.63) is 24.5 Å². The Morgan fingerprint density at radius 2 is 2.41 bits per heavy atom. The largest absolute Gasteiger partial charge is 0.482 e. The Balaban J connectivity index is 1.56. The van der Waals surface area contributed by atoms with Crippen molar-refractivity contribution in [2.45, 2.75) is 18.6 Å². The summed E-state index contributed by atoms with van der Waals surface area (Å²) in [4.78, 5) is 31.3. The molecule has 2 amide bonds. The van der Waals surface area contributed by atoms with E-state index in [0.29, 0.717) is 18.8 Å². The number of piperidine rings is 1. The molecule has 3 rings (SSSR count). The van der Waals surface area contributed by atoms with Gasteiger partial charge in [-0.2, -0.15) is 0 Å². The lowest BCUT2D eigenvalue weighted by Gasteiger charge is -2.45. The van der Waals surface area contributed by atoms with Crippen molar-refractivity contribution in [1.29, 1.82) is 0 Å². The molecule has 118 valence electrons. The van der Waals surface area contributed by atoms with E-state index in [1.807, 2.05) is 0 Å². The van der Waals surface area contributed by atoms with Crippen LogP contribution >= 0.6 is 0 Å². The van der Waals surface area contributed by atoms with Crippen molar-refractivity contribution in [1.82, 2.24) is 14.8 Å². The molecule has 2 aliphatic heterocycles. The molecule has 2 fully saturated rings. The molecule has 0 unspecified atom stereocenters. The molecule has 0 N–H and O–H groups in total. The molecule has 0 aromatic carbocycles. The van der Waals surface area contributed by atoms with Gasteiger partial charge in [0.25, 0.3) is 5.91 Å². The Hall–Kier alpha value is -2.15. The summed E-state index contributed by atoms with van der Waals surface area (Å²) in [6.45, 7) is 1.22. The highest BCUT2D eigenvalue weighted by Crippen LogP contribution is 2.22. The first-order chi connectivity index (χ1) is 10.6. The van der Waals surface area contributed by atoms with E-state index in [-0.39, 0.29) is 37.2 Å². The summed E-state index contributed by atoms with van der Waals surface area (Å²) in [5, 5.41) is 0. The predicted molar refractivity (Wildman–Crippen MR) is 77.2 cm³/mol. The lowest BCUT2D eigenvalue weighted by atomic mass is 9.99. The fourth-order valence-electron chi connectivity index (χ4n) is 2.84. The Morgan fingerprint density at radius 3 is 3.18 bits per heavy atom. The van der Waals surface area contributed by atoms with Gasteiger partial charge >= 0.3 is 0 Å². The number of ether oxygens (including phenoxy) is 2. The summed E-state index contributed by atoms with van der Waals surface area (Å²) in [6.07, 6.45) is 3.98. The molecule has 0 spiro atoms. The molecular weight excluding hydrogens is 286 g/mol. The van der Waals surface area contributed by atoms with Crippen molar-refractivity contribution in [2.75, 3.05) is 33.4 Å². The zero-order chi connectivity index (χ0) is 15.5. The summed E-state index contributed by atoms with van der Waals surface area (Å²) >= 11 is 0. The van der Waals surface area contributed by atoms with E-state index < -0.39 is 0 Å². The Labute approximate surface area is 128 Å². The number of carbonyl (C=O) groups excluding carboxylic acids is 2. The van der Waals surface area contributed by atoms with Gasteiger partial charge in [0.05, 0.1) is 18.3 Å². The highest BCUT2D eigenvalue weighted by atomic mass is 16.5. The highest BCUT2D eigenvalue weighted by Gasteiger charge is 2.39. The molecule has 0 saturated carbocycles. The average molecular weight is 305 g/mol. The van der Waals surface area contributed by atoms with E-state index in [1.54, 1.807) is 41.4 Å². The van der Waals surface area contributed by atoms with Crippen LogP contribution in [-0.4, -0.2) is 72.1 Å². The molecule has 7 nitrogen and oxygen atoms in total. The van der Waals surface area contributed by atoms with Gasteiger partial charge < -0.3 is 19.3 Å². The Kier molecular flexibility index (Phi) is 4.24. The number of amides is 2. The van der Waals surface area contributed by atoms with Crippen molar-refractivity contribution in [3.63, 3.8) is 0 Å². The number of carbonyl (C=O) groups is 2. The lowest BCUT2D eigenvalue weighted by molar-refractivity contribution is -0.164. The second-order valence-corrected chi connectivity index (χ2v) is 5.53. The number of pyridine rings is 1. The fourth-order valence-corrected chi connectivity index (χ4v) is 2.84. The van der Waals surface area contributed by atoms with Gasteiger partial charge in [0.15, 0.2) is 6.61 Å². The van der Waals surface area contributed by atoms with Gasteiger partial charge in [0, 0.05) is 26.3 Å². The maximum absolute atomic E-state index is 12.3. The molecule has 0 bridgehead atoms. The molecule has 2 saturated heterocycles. The maximum atomic E-state index is 12.3. The van der Waals surface area contributed by atoms with Crippen LogP contribution in [0.1, 0.15) is 6.42 Å². The lowest BCUT2D eigenvalue weighted by Crippen LogP contribution is -2.61. The first-order valence-corrected chi connectivity index (χ1v) is 7.33. The minimum Gasteiger partial charge on any atom is -0.482 e. The van der Waals surface area contributed by atoms with E-state index in [9.17, 15) is 9.59 Å². The van der Waals surface area contributed by atoms with Gasteiger partial charge in [0.1, 0.15) is 12.4 Å². The molecule has 0 aliphatic carbocycles. The maximum Gasteiger partial charge on any atom is 0.260 e. The second kappa shape index (κ2) is 6.31. The van der Waals surface area contributed by atoms with Crippen LogP contribution in [-0.2, 0) is 14.3 Å². The van der Waals surface area contributed by atoms with E-state index >= 15 is 0 Å². The van der Waals surface area contributed by atoms with Gasteiger partial charge in [-0.3, -0.25) is 14.6 Å². The van der Waals surface area contributed by atoms with Gasteiger partial charge in [-0.05, 0) is 18.6 Å². The van der Waals surface area contributed by atoms with Crippen molar-refractivity contribution < 1.29 is 19.1 Å². The number of rotatable bonds is 3. The molecule has 1 aromatic rings. The summed E-state index contributed by atoms with van der Waals surface area (Å²) in [5.74, 6) is 0.440. The Morgan fingerprint density at radius 1 is 1.55 bits per heavy atom. The van der Waals surface area contributed by atoms with Crippen LogP contribution < -0.4 is 4.74 Å². The number of likely N-dealkylation sites (N-methyl/N-ethyl adjacent to an activating group) is 1. The smallest absolute Gasteiger partial charge is 0.260 e. The first-order valence-electron chi connectivity index (χ1n) is 7.33. The van der Waals surface area contributed by atoms with Crippen LogP contribution in [0.3, 0.4) is 0 Å². The second-order valence-electron chi connectivity index (χ2n) is 5.53. The van der Waals surface area contributed by atoms with Gasteiger partial charge in [-0.1, -0.05) is 0 Å². The standard InChI is InChI=1S/C15H19N3O4/c1-17-12-8-18(6-4-13(12)22-9-14(17)19)15(20)10-21-11-3-2-5-16-7-11/h2-3,5,7,12-13H,4,6,8-10H2,1H3/t12-,13+/m0/s1. The quantitative estimate of drug-likeness (QED) is 0.781. The van der Waals surface area contributed by atoms with E-state index in [2.05, 4.69) is 4.98 Å². The third-order valence-corrected chi connectivity index (χ3v) is 4.18. The third-order valence-electron chi connectivity index (χ3n) is 4.18. The number of fused-ring (bicyclic) bond motifs is 1. The fraction of sp³-hybridized carbons (Fsp3) is 0.533. The topological polar surface area (TPSA) is 72.0 Å². The first kappa shape index (κ1) is 14.8. The average Bonchev–Trinajstić information content (AvgIpc) is 2.57. The number of nitrogens with zero attached hydrogens (tertiary/aromatic N) is 3. The summed E-state index contributed by atoms with van der Waals surface area (Å²) < 4.78 is 11.0. The number of morpholine rings is 1. The number of likely N-dealkylation sites (tertiary alicyclic amines) is 1. The summed E-state index contributed by atoms with van der Waals surface area (Å²) in [5.41, 5.74) is 0. The molecule has 22 heavy (non-hydrogen) atoms. The minimum absolute atomic E-state index is 0.0194. The molecule has 3 heterocycles. The zero-order valence-electron chi connectivity index (χ0n) is 12.5. The number of hydrogen-bond acceptors (Lipinski definition) is 5. The van der Waals surface area contributed by atoms with E-state index in [4.69, 9.17) is 9.47 Å². The van der Waals surface area contributed by atoms with Gasteiger partial charge in [0.2, 0.25) is 5.91 Å². The summed E-state index contributed by atoms with van der Waals surface area (Å²) in [6, 6.07) is 3.44. The molecular formula is C15H19N3O4. The highest BCUT2D eigenvalue weighted by molar-refractivity contribution is 5.80. The normalized spacial score (nSPS) is 24.9. The SMILES string of the molecule is CN1C(=O)CO[C@@H]2CCN(C(=O)COc3cccnc3)C[C@@H]21. The van der Waals surface area contributed by atoms with E-state index in [1.165, 1.54) is 0 Å². The van der Waals surface area contributed by atoms with Crippen LogP contribution in [0.2, 0.25) is 0 Å². The van der Waals surface area contributed by atoms with Crippen LogP contribution in [0.5, 0.6) is 5.75 Å². The molecule has 1 aromatic heterocycles. The molecule has 7 heteroatoms. The van der Waals surface area contributed by atoms with Crippen LogP contribution in [0.15, 0.2) is 24.5 Å². The third kappa shape index (κ3) is 3.04. The monoisotopic (exact) mass is 305 g/mol. The predicted octanol–water partition coefficient (Wildman–Crippen LogP) is -0.0815. The zero-order valence-corrected chi connectivity index (χ0v) is 12.5. The molecule has 2 atom stereocenters. The van der Waals surface area contributed by atoms with Crippen LogP contribution in [0.25, 0.3) is 0 Å². The van der Waals surface area contributed by atoms with Crippen LogP contribution in [0, 0.1) is 0 Å².